The van der Waals surface area contributed by atoms with Crippen LogP contribution in [0, 0.1) is 11.3 Å². The van der Waals surface area contributed by atoms with E-state index in [-0.39, 0.29) is 12.2 Å². The molecular formula is C28H23BrCl2N2O4. The van der Waals surface area contributed by atoms with Crippen molar-refractivity contribution >= 4 is 56.8 Å². The maximum absolute atomic E-state index is 12.8. The third-order valence-electron chi connectivity index (χ3n) is 4.87. The number of hydrogen-bond acceptors (Lipinski definition) is 5. The van der Waals surface area contributed by atoms with Crippen LogP contribution in [0.1, 0.15) is 18.1 Å². The summed E-state index contributed by atoms with van der Waals surface area (Å²) in [6.07, 6.45) is 3.11. The zero-order chi connectivity index (χ0) is 26.8. The number of carbonyl (C=O) groups is 1. The molecule has 0 spiro atoms. The summed E-state index contributed by atoms with van der Waals surface area (Å²) in [5.41, 5.74) is 1.82. The van der Waals surface area contributed by atoms with Gasteiger partial charge in [0.1, 0.15) is 30.6 Å². The number of carbonyl (C=O) groups excluding carboxylic acids is 1. The van der Waals surface area contributed by atoms with Crippen LogP contribution in [0.3, 0.4) is 0 Å². The molecule has 3 aromatic carbocycles. The zero-order valence-electron chi connectivity index (χ0n) is 19.9. The summed E-state index contributed by atoms with van der Waals surface area (Å²) in [7, 11) is 0. The van der Waals surface area contributed by atoms with Crippen LogP contribution in [-0.2, 0) is 11.4 Å². The Hall–Kier alpha value is -3.44. The highest BCUT2D eigenvalue weighted by molar-refractivity contribution is 9.10. The number of nitriles is 1. The number of nitrogens with zero attached hydrogens (tertiary/aromatic N) is 1. The van der Waals surface area contributed by atoms with E-state index < -0.39 is 5.91 Å². The molecule has 0 heterocycles. The number of anilines is 1. The minimum atomic E-state index is -0.551. The van der Waals surface area contributed by atoms with Crippen LogP contribution >= 0.6 is 39.1 Å². The van der Waals surface area contributed by atoms with E-state index in [0.29, 0.717) is 56.2 Å². The van der Waals surface area contributed by atoms with Crippen LogP contribution in [0.4, 0.5) is 5.69 Å². The molecule has 0 saturated carbocycles. The molecule has 0 saturated heterocycles. The molecule has 190 valence electrons. The van der Waals surface area contributed by atoms with Crippen molar-refractivity contribution in [2.45, 2.75) is 13.5 Å². The van der Waals surface area contributed by atoms with Crippen LogP contribution in [0.25, 0.3) is 6.08 Å². The van der Waals surface area contributed by atoms with Crippen LogP contribution in [0.5, 0.6) is 17.2 Å². The largest absolute Gasteiger partial charge is 0.490 e. The summed E-state index contributed by atoms with van der Waals surface area (Å²) in [6.45, 7) is 6.49. The maximum Gasteiger partial charge on any atom is 0.266 e. The van der Waals surface area contributed by atoms with Crippen LogP contribution in [0.15, 0.2) is 77.3 Å². The van der Waals surface area contributed by atoms with Gasteiger partial charge in [-0.25, -0.2) is 0 Å². The number of halogens is 3. The fourth-order valence-electron chi connectivity index (χ4n) is 3.16. The Morgan fingerprint density at radius 1 is 1.11 bits per heavy atom. The van der Waals surface area contributed by atoms with E-state index >= 15 is 0 Å². The summed E-state index contributed by atoms with van der Waals surface area (Å²) < 4.78 is 17.7. The van der Waals surface area contributed by atoms with Gasteiger partial charge >= 0.3 is 0 Å². The maximum atomic E-state index is 12.8. The molecular weight excluding hydrogens is 579 g/mol. The SMILES string of the molecule is C=CCOc1c(Br)cc(/C=C(\C#N)C(=O)Nc2ccc(OCc3ccc(Cl)cc3Cl)cc2)cc1OCC. The predicted molar refractivity (Wildman–Crippen MR) is 150 cm³/mol. The fraction of sp³-hybridized carbons (Fsp3) is 0.143. The van der Waals surface area contributed by atoms with Crippen molar-refractivity contribution in [3.05, 3.63) is 98.5 Å². The molecule has 0 unspecified atom stereocenters. The molecule has 0 aliphatic heterocycles. The second-order valence-corrected chi connectivity index (χ2v) is 9.23. The van der Waals surface area contributed by atoms with Gasteiger partial charge in [0.15, 0.2) is 11.5 Å². The molecule has 0 aliphatic carbocycles. The van der Waals surface area contributed by atoms with Gasteiger partial charge in [0, 0.05) is 21.3 Å². The molecule has 0 atom stereocenters. The molecule has 0 aromatic heterocycles. The number of amides is 1. The van der Waals surface area contributed by atoms with Gasteiger partial charge < -0.3 is 19.5 Å². The second-order valence-electron chi connectivity index (χ2n) is 7.54. The number of benzene rings is 3. The van der Waals surface area contributed by atoms with Crippen LogP contribution in [0.2, 0.25) is 10.0 Å². The Labute approximate surface area is 234 Å². The van der Waals surface area contributed by atoms with E-state index in [1.165, 1.54) is 6.08 Å². The van der Waals surface area contributed by atoms with Crippen molar-refractivity contribution < 1.29 is 19.0 Å². The summed E-state index contributed by atoms with van der Waals surface area (Å²) in [6, 6.07) is 17.4. The van der Waals surface area contributed by atoms with Gasteiger partial charge in [-0.1, -0.05) is 41.9 Å². The first-order valence-corrected chi connectivity index (χ1v) is 12.7. The van der Waals surface area contributed by atoms with E-state index in [1.807, 2.05) is 13.0 Å². The number of rotatable bonds is 11. The van der Waals surface area contributed by atoms with E-state index in [1.54, 1.807) is 60.7 Å². The highest BCUT2D eigenvalue weighted by atomic mass is 79.9. The Morgan fingerprint density at radius 3 is 2.51 bits per heavy atom. The molecule has 0 bridgehead atoms. The van der Waals surface area contributed by atoms with Crippen LogP contribution in [-0.4, -0.2) is 19.1 Å². The van der Waals surface area contributed by atoms with Gasteiger partial charge in [0.2, 0.25) is 0 Å². The first-order chi connectivity index (χ1) is 17.8. The summed E-state index contributed by atoms with van der Waals surface area (Å²) in [5.74, 6) is 1.04. The summed E-state index contributed by atoms with van der Waals surface area (Å²) in [4.78, 5) is 12.8. The standard InChI is InChI=1S/C28H23BrCl2N2O4/c1-3-11-36-27-24(29)13-18(14-26(27)35-4-2)12-20(16-32)28(34)33-22-7-9-23(10-8-22)37-17-19-5-6-21(30)15-25(19)31/h3,5-10,12-15H,1,4,11,17H2,2H3,(H,33,34)/b20-12+. The van der Waals surface area contributed by atoms with E-state index in [9.17, 15) is 10.1 Å². The third kappa shape index (κ3) is 8.02. The van der Waals surface area contributed by atoms with Crippen molar-refractivity contribution in [2.75, 3.05) is 18.5 Å². The lowest BCUT2D eigenvalue weighted by Gasteiger charge is -2.14. The lowest BCUT2D eigenvalue weighted by Crippen LogP contribution is -2.13. The zero-order valence-corrected chi connectivity index (χ0v) is 23.0. The Morgan fingerprint density at radius 2 is 1.86 bits per heavy atom. The molecule has 0 radical (unpaired) electrons. The molecule has 0 aliphatic rings. The minimum Gasteiger partial charge on any atom is -0.490 e. The number of ether oxygens (including phenoxy) is 3. The van der Waals surface area contributed by atoms with Gasteiger partial charge in [-0.3, -0.25) is 4.79 Å². The second kappa shape index (κ2) is 13.8. The summed E-state index contributed by atoms with van der Waals surface area (Å²) >= 11 is 15.6. The monoisotopic (exact) mass is 600 g/mol. The van der Waals surface area contributed by atoms with Gasteiger partial charge in [0.05, 0.1) is 11.1 Å². The fourth-order valence-corrected chi connectivity index (χ4v) is 4.20. The predicted octanol–water partition coefficient (Wildman–Crippen LogP) is 7.84. The first-order valence-electron chi connectivity index (χ1n) is 11.1. The van der Waals surface area contributed by atoms with Crippen molar-refractivity contribution in [1.29, 1.82) is 5.26 Å². The topological polar surface area (TPSA) is 80.6 Å². The van der Waals surface area contributed by atoms with E-state index in [4.69, 9.17) is 37.4 Å². The average Bonchev–Trinajstić information content (AvgIpc) is 2.87. The third-order valence-corrected chi connectivity index (χ3v) is 6.05. The molecule has 0 fully saturated rings. The summed E-state index contributed by atoms with van der Waals surface area (Å²) in [5, 5.41) is 13.4. The van der Waals surface area contributed by atoms with Crippen molar-refractivity contribution in [2.24, 2.45) is 0 Å². The van der Waals surface area contributed by atoms with Gasteiger partial charge in [0.25, 0.3) is 5.91 Å². The first kappa shape index (κ1) is 28.1. The van der Waals surface area contributed by atoms with Crippen molar-refractivity contribution in [3.63, 3.8) is 0 Å². The Balaban J connectivity index is 1.70. The highest BCUT2D eigenvalue weighted by Crippen LogP contribution is 2.37. The van der Waals surface area contributed by atoms with Gasteiger partial charge in [-0.2, -0.15) is 5.26 Å². The molecule has 3 aromatic rings. The Bertz CT molecular complexity index is 1350. The van der Waals surface area contributed by atoms with E-state index in [0.717, 1.165) is 5.56 Å². The van der Waals surface area contributed by atoms with E-state index in [2.05, 4.69) is 27.8 Å². The number of nitrogens with one attached hydrogen (secondary N) is 1. The van der Waals surface area contributed by atoms with Crippen molar-refractivity contribution in [1.82, 2.24) is 0 Å². The lowest BCUT2D eigenvalue weighted by molar-refractivity contribution is -0.112. The quantitative estimate of drug-likeness (QED) is 0.137. The van der Waals surface area contributed by atoms with Gasteiger partial charge in [-0.15, -0.1) is 0 Å². The smallest absolute Gasteiger partial charge is 0.266 e. The molecule has 3 rings (SSSR count). The molecule has 1 amide bonds. The highest BCUT2D eigenvalue weighted by Gasteiger charge is 2.14. The number of hydrogen-bond donors (Lipinski definition) is 1. The normalized spacial score (nSPS) is 10.8. The van der Waals surface area contributed by atoms with Crippen molar-refractivity contribution in [3.8, 4) is 23.3 Å². The van der Waals surface area contributed by atoms with Gasteiger partial charge in [-0.05, 0) is 83.0 Å². The van der Waals surface area contributed by atoms with Crippen LogP contribution < -0.4 is 19.5 Å². The molecule has 9 heteroatoms. The molecule has 6 nitrogen and oxygen atoms in total. The lowest BCUT2D eigenvalue weighted by atomic mass is 10.1. The minimum absolute atomic E-state index is 0.0770. The average molecular weight is 602 g/mol. The molecule has 1 N–H and O–H groups in total. The Kier molecular flexibility index (Phi) is 10.5. The molecule has 37 heavy (non-hydrogen) atoms.